The van der Waals surface area contributed by atoms with E-state index in [4.69, 9.17) is 0 Å². The van der Waals surface area contributed by atoms with Crippen molar-refractivity contribution in [2.24, 2.45) is 0 Å². The summed E-state index contributed by atoms with van der Waals surface area (Å²) in [5.74, 6) is 0.180. The maximum Gasteiger partial charge on any atom is 0.237 e. The SMILES string of the molecule is CC(C)NC(=O)C(C)N1CCCCC1C1CCCN1. The second-order valence-electron chi connectivity index (χ2n) is 6.34. The Morgan fingerprint density at radius 2 is 2.00 bits per heavy atom. The first-order chi connectivity index (χ1) is 9.09. The van der Waals surface area contributed by atoms with Crippen molar-refractivity contribution in [3.05, 3.63) is 0 Å². The van der Waals surface area contributed by atoms with Crippen molar-refractivity contribution in [1.82, 2.24) is 15.5 Å². The van der Waals surface area contributed by atoms with Crippen molar-refractivity contribution in [2.45, 2.75) is 77.0 Å². The summed E-state index contributed by atoms with van der Waals surface area (Å²) in [4.78, 5) is 14.7. The Labute approximate surface area is 117 Å². The minimum absolute atomic E-state index is 0.00454. The van der Waals surface area contributed by atoms with Crippen molar-refractivity contribution < 1.29 is 4.79 Å². The van der Waals surface area contributed by atoms with Crippen LogP contribution in [-0.4, -0.2) is 48.1 Å². The van der Waals surface area contributed by atoms with Gasteiger partial charge in [-0.3, -0.25) is 9.69 Å². The zero-order valence-electron chi connectivity index (χ0n) is 12.6. The molecule has 0 saturated carbocycles. The smallest absolute Gasteiger partial charge is 0.237 e. The minimum atomic E-state index is -0.00454. The highest BCUT2D eigenvalue weighted by atomic mass is 16.2. The molecule has 2 aliphatic rings. The van der Waals surface area contributed by atoms with E-state index in [1.54, 1.807) is 0 Å². The van der Waals surface area contributed by atoms with Gasteiger partial charge >= 0.3 is 0 Å². The molecule has 0 aromatic rings. The summed E-state index contributed by atoms with van der Waals surface area (Å²) in [5.41, 5.74) is 0. The molecule has 0 spiro atoms. The van der Waals surface area contributed by atoms with Crippen LogP contribution in [0.15, 0.2) is 0 Å². The lowest BCUT2D eigenvalue weighted by Gasteiger charge is -2.42. The summed E-state index contributed by atoms with van der Waals surface area (Å²) < 4.78 is 0. The van der Waals surface area contributed by atoms with Crippen molar-refractivity contribution in [3.8, 4) is 0 Å². The van der Waals surface area contributed by atoms with Gasteiger partial charge in [-0.1, -0.05) is 6.42 Å². The van der Waals surface area contributed by atoms with Gasteiger partial charge in [-0.15, -0.1) is 0 Å². The van der Waals surface area contributed by atoms with Crippen LogP contribution < -0.4 is 10.6 Å². The number of rotatable bonds is 4. The Bertz CT molecular complexity index is 300. The summed E-state index contributed by atoms with van der Waals surface area (Å²) in [6, 6.07) is 1.36. The fourth-order valence-corrected chi connectivity index (χ4v) is 3.49. The Balaban J connectivity index is 1.99. The number of nitrogens with one attached hydrogen (secondary N) is 2. The molecule has 2 heterocycles. The number of carbonyl (C=O) groups is 1. The monoisotopic (exact) mass is 267 g/mol. The van der Waals surface area contributed by atoms with Crippen LogP contribution in [-0.2, 0) is 4.79 Å². The molecule has 2 saturated heterocycles. The maximum atomic E-state index is 12.2. The first kappa shape index (κ1) is 14.8. The van der Waals surface area contributed by atoms with Crippen molar-refractivity contribution in [3.63, 3.8) is 0 Å². The van der Waals surface area contributed by atoms with E-state index in [2.05, 4.69) is 22.5 Å². The van der Waals surface area contributed by atoms with Crippen molar-refractivity contribution >= 4 is 5.91 Å². The molecule has 3 unspecified atom stereocenters. The van der Waals surface area contributed by atoms with Gasteiger partial charge in [-0.05, 0) is 59.5 Å². The molecule has 2 rings (SSSR count). The predicted octanol–water partition coefficient (Wildman–Crippen LogP) is 1.51. The number of likely N-dealkylation sites (tertiary alicyclic amines) is 1. The van der Waals surface area contributed by atoms with Gasteiger partial charge in [0.2, 0.25) is 5.91 Å². The summed E-state index contributed by atoms with van der Waals surface area (Å²) in [7, 11) is 0. The van der Waals surface area contributed by atoms with E-state index >= 15 is 0 Å². The van der Waals surface area contributed by atoms with Gasteiger partial charge in [0.05, 0.1) is 6.04 Å². The van der Waals surface area contributed by atoms with Gasteiger partial charge in [-0.2, -0.15) is 0 Å². The van der Waals surface area contributed by atoms with Crippen LogP contribution in [0, 0.1) is 0 Å². The second-order valence-corrected chi connectivity index (χ2v) is 6.34. The average Bonchev–Trinajstić information content (AvgIpc) is 2.91. The van der Waals surface area contributed by atoms with Crippen LogP contribution in [0.25, 0.3) is 0 Å². The summed E-state index contributed by atoms with van der Waals surface area (Å²) in [6.45, 7) is 8.32. The fraction of sp³-hybridized carbons (Fsp3) is 0.933. The van der Waals surface area contributed by atoms with Crippen LogP contribution >= 0.6 is 0 Å². The molecule has 2 aliphatic heterocycles. The van der Waals surface area contributed by atoms with Crippen molar-refractivity contribution in [2.75, 3.05) is 13.1 Å². The van der Waals surface area contributed by atoms with Crippen LogP contribution in [0.1, 0.15) is 52.9 Å². The number of piperidine rings is 1. The van der Waals surface area contributed by atoms with Crippen LogP contribution in [0.4, 0.5) is 0 Å². The Hall–Kier alpha value is -0.610. The summed E-state index contributed by atoms with van der Waals surface area (Å²) >= 11 is 0. The van der Waals surface area contributed by atoms with Gasteiger partial charge in [0.15, 0.2) is 0 Å². The third-order valence-electron chi connectivity index (χ3n) is 4.46. The molecule has 0 bridgehead atoms. The largest absolute Gasteiger partial charge is 0.353 e. The zero-order valence-corrected chi connectivity index (χ0v) is 12.6. The fourth-order valence-electron chi connectivity index (χ4n) is 3.49. The topological polar surface area (TPSA) is 44.4 Å². The first-order valence-corrected chi connectivity index (χ1v) is 7.89. The highest BCUT2D eigenvalue weighted by Gasteiger charge is 2.36. The lowest BCUT2D eigenvalue weighted by molar-refractivity contribution is -0.128. The van der Waals surface area contributed by atoms with Crippen molar-refractivity contribution in [1.29, 1.82) is 0 Å². The molecule has 2 fully saturated rings. The van der Waals surface area contributed by atoms with Crippen LogP contribution in [0.5, 0.6) is 0 Å². The molecule has 0 aromatic heterocycles. The molecule has 4 nitrogen and oxygen atoms in total. The first-order valence-electron chi connectivity index (χ1n) is 7.89. The highest BCUT2D eigenvalue weighted by Crippen LogP contribution is 2.26. The second kappa shape index (κ2) is 6.71. The number of amides is 1. The molecule has 3 atom stereocenters. The average molecular weight is 267 g/mol. The highest BCUT2D eigenvalue weighted by molar-refractivity contribution is 5.81. The molecular weight excluding hydrogens is 238 g/mol. The van der Waals surface area contributed by atoms with E-state index in [1.807, 2.05) is 13.8 Å². The predicted molar refractivity (Wildman–Crippen MR) is 78.1 cm³/mol. The summed E-state index contributed by atoms with van der Waals surface area (Å²) in [6.07, 6.45) is 6.30. The lowest BCUT2D eigenvalue weighted by Crippen LogP contribution is -2.57. The number of nitrogens with zero attached hydrogens (tertiary/aromatic N) is 1. The molecular formula is C15H29N3O. The van der Waals surface area contributed by atoms with Crippen LogP contribution in [0.2, 0.25) is 0 Å². The quantitative estimate of drug-likeness (QED) is 0.811. The standard InChI is InChI=1S/C15H29N3O/c1-11(2)17-15(19)12(3)18-10-5-4-8-14(18)13-7-6-9-16-13/h11-14,16H,4-10H2,1-3H3,(H,17,19). The number of hydrogen-bond acceptors (Lipinski definition) is 3. The normalized spacial score (nSPS) is 30.5. The molecule has 0 radical (unpaired) electrons. The molecule has 110 valence electrons. The zero-order chi connectivity index (χ0) is 13.8. The minimum Gasteiger partial charge on any atom is -0.353 e. The Morgan fingerprint density at radius 1 is 1.21 bits per heavy atom. The van der Waals surface area contributed by atoms with E-state index in [9.17, 15) is 4.79 Å². The van der Waals surface area contributed by atoms with Crippen LogP contribution in [0.3, 0.4) is 0 Å². The maximum absolute atomic E-state index is 12.2. The van der Waals surface area contributed by atoms with E-state index in [-0.39, 0.29) is 18.0 Å². The Kier molecular flexibility index (Phi) is 5.22. The third-order valence-corrected chi connectivity index (χ3v) is 4.46. The third kappa shape index (κ3) is 3.69. The molecule has 0 aromatic carbocycles. The van der Waals surface area contributed by atoms with Gasteiger partial charge in [-0.25, -0.2) is 0 Å². The number of hydrogen-bond donors (Lipinski definition) is 2. The lowest BCUT2D eigenvalue weighted by atomic mass is 9.93. The van der Waals surface area contributed by atoms with E-state index in [0.717, 1.165) is 13.1 Å². The summed E-state index contributed by atoms with van der Waals surface area (Å²) in [5, 5.41) is 6.67. The van der Waals surface area contributed by atoms with E-state index in [1.165, 1.54) is 32.1 Å². The molecule has 0 aliphatic carbocycles. The molecule has 2 N–H and O–H groups in total. The van der Waals surface area contributed by atoms with Gasteiger partial charge < -0.3 is 10.6 Å². The van der Waals surface area contributed by atoms with E-state index in [0.29, 0.717) is 12.1 Å². The molecule has 4 heteroatoms. The molecule has 1 amide bonds. The Morgan fingerprint density at radius 3 is 2.63 bits per heavy atom. The van der Waals surface area contributed by atoms with Gasteiger partial charge in [0, 0.05) is 18.1 Å². The van der Waals surface area contributed by atoms with Gasteiger partial charge in [0.1, 0.15) is 0 Å². The van der Waals surface area contributed by atoms with E-state index < -0.39 is 0 Å². The van der Waals surface area contributed by atoms with Gasteiger partial charge in [0.25, 0.3) is 0 Å². The number of carbonyl (C=O) groups excluding carboxylic acids is 1. The molecule has 19 heavy (non-hydrogen) atoms.